The van der Waals surface area contributed by atoms with Gasteiger partial charge in [0, 0.05) is 18.7 Å². The summed E-state index contributed by atoms with van der Waals surface area (Å²) in [7, 11) is 0. The van der Waals surface area contributed by atoms with Gasteiger partial charge in [-0.3, -0.25) is 0 Å². The van der Waals surface area contributed by atoms with Gasteiger partial charge in [-0.25, -0.2) is 4.79 Å². The molecule has 0 fully saturated rings. The lowest BCUT2D eigenvalue weighted by molar-refractivity contribution is 0.0484. The summed E-state index contributed by atoms with van der Waals surface area (Å²) in [5.41, 5.74) is 6.72. The number of esters is 1. The van der Waals surface area contributed by atoms with E-state index in [0.29, 0.717) is 30.8 Å². The molecule has 1 rings (SSSR count). The molecule has 0 aromatic carbocycles. The second-order valence-corrected chi connectivity index (χ2v) is 4.41. The van der Waals surface area contributed by atoms with Crippen LogP contribution in [0.25, 0.3) is 0 Å². The van der Waals surface area contributed by atoms with Crippen molar-refractivity contribution in [3.63, 3.8) is 0 Å². The number of nitrogens with zero attached hydrogens (tertiary/aromatic N) is 2. The molecule has 18 heavy (non-hydrogen) atoms. The van der Waals surface area contributed by atoms with Crippen LogP contribution >= 0.6 is 0 Å². The molecule has 1 aromatic rings. The van der Waals surface area contributed by atoms with Crippen molar-refractivity contribution in [3.05, 3.63) is 18.0 Å². The molecule has 0 atom stereocenters. The minimum absolute atomic E-state index is 0.156. The van der Waals surface area contributed by atoms with Crippen LogP contribution in [-0.4, -0.2) is 17.1 Å². The first-order valence-electron chi connectivity index (χ1n) is 6.07. The van der Waals surface area contributed by atoms with Crippen molar-refractivity contribution < 1.29 is 9.53 Å². The summed E-state index contributed by atoms with van der Waals surface area (Å²) >= 11 is 0. The zero-order valence-electron chi connectivity index (χ0n) is 10.8. The predicted octanol–water partition coefficient (Wildman–Crippen LogP) is 2.50. The number of unbranched alkanes of at least 4 members (excludes halogenated alkanes) is 2. The molecule has 0 aliphatic heterocycles. The van der Waals surface area contributed by atoms with Gasteiger partial charge in [0.2, 0.25) is 0 Å². The minimum Gasteiger partial charge on any atom is -0.461 e. The summed E-state index contributed by atoms with van der Waals surface area (Å²) in [6.07, 6.45) is 3.68. The van der Waals surface area contributed by atoms with Crippen LogP contribution in [0.15, 0.2) is 12.3 Å². The van der Waals surface area contributed by atoms with Gasteiger partial charge in [-0.15, -0.1) is 0 Å². The quantitative estimate of drug-likeness (QED) is 0.620. The fourth-order valence-electron chi connectivity index (χ4n) is 1.64. The Kier molecular flexibility index (Phi) is 5.25. The van der Waals surface area contributed by atoms with E-state index in [9.17, 15) is 4.79 Å². The van der Waals surface area contributed by atoms with Crippen molar-refractivity contribution in [1.29, 1.82) is 5.26 Å². The van der Waals surface area contributed by atoms with E-state index in [1.54, 1.807) is 16.8 Å². The molecular weight excluding hydrogens is 230 g/mol. The average molecular weight is 249 g/mol. The number of ether oxygens (including phenoxy) is 1. The Labute approximate surface area is 107 Å². The SMILES string of the molecule is CC(C)n1cc(N)cc1C(=O)OCCCCC#N. The molecule has 0 aliphatic carbocycles. The van der Waals surface area contributed by atoms with E-state index < -0.39 is 0 Å². The third kappa shape index (κ3) is 3.81. The number of nitrogens with two attached hydrogens (primary N) is 1. The van der Waals surface area contributed by atoms with Gasteiger partial charge >= 0.3 is 5.97 Å². The van der Waals surface area contributed by atoms with Gasteiger partial charge in [-0.05, 0) is 32.8 Å². The van der Waals surface area contributed by atoms with E-state index in [0.717, 1.165) is 6.42 Å². The van der Waals surface area contributed by atoms with Crippen molar-refractivity contribution >= 4 is 11.7 Å². The van der Waals surface area contributed by atoms with Gasteiger partial charge in [0.1, 0.15) is 5.69 Å². The lowest BCUT2D eigenvalue weighted by Crippen LogP contribution is -2.13. The summed E-state index contributed by atoms with van der Waals surface area (Å²) < 4.78 is 6.95. The molecule has 0 unspecified atom stereocenters. The smallest absolute Gasteiger partial charge is 0.355 e. The molecule has 5 heteroatoms. The number of hydrogen-bond acceptors (Lipinski definition) is 4. The third-order valence-corrected chi connectivity index (χ3v) is 2.55. The molecule has 0 saturated heterocycles. The monoisotopic (exact) mass is 249 g/mol. The Morgan fingerprint density at radius 2 is 2.28 bits per heavy atom. The van der Waals surface area contributed by atoms with Gasteiger partial charge in [0.15, 0.2) is 0 Å². The highest BCUT2D eigenvalue weighted by atomic mass is 16.5. The standard InChI is InChI=1S/C13H19N3O2/c1-10(2)16-9-11(15)8-12(16)13(17)18-7-5-3-4-6-14/h8-10H,3-5,7,15H2,1-2H3. The number of rotatable bonds is 6. The van der Waals surface area contributed by atoms with Crippen LogP contribution in [0.1, 0.15) is 49.6 Å². The third-order valence-electron chi connectivity index (χ3n) is 2.55. The van der Waals surface area contributed by atoms with Crippen LogP contribution in [0.4, 0.5) is 5.69 Å². The number of carbonyl (C=O) groups excluding carboxylic acids is 1. The number of nitriles is 1. The van der Waals surface area contributed by atoms with Crippen LogP contribution < -0.4 is 5.73 Å². The molecule has 2 N–H and O–H groups in total. The second-order valence-electron chi connectivity index (χ2n) is 4.41. The Hall–Kier alpha value is -1.96. The summed E-state index contributed by atoms with van der Waals surface area (Å²) in [5, 5.41) is 8.38. The Balaban J connectivity index is 2.54. The average Bonchev–Trinajstić information content (AvgIpc) is 2.71. The van der Waals surface area contributed by atoms with Gasteiger partial charge in [-0.1, -0.05) is 0 Å². The van der Waals surface area contributed by atoms with E-state index in [1.165, 1.54) is 0 Å². The summed E-state index contributed by atoms with van der Waals surface area (Å²) in [6, 6.07) is 3.83. The largest absolute Gasteiger partial charge is 0.461 e. The normalized spacial score (nSPS) is 10.3. The van der Waals surface area contributed by atoms with Crippen LogP contribution in [0.2, 0.25) is 0 Å². The number of hydrogen-bond donors (Lipinski definition) is 1. The van der Waals surface area contributed by atoms with Crippen LogP contribution in [0.3, 0.4) is 0 Å². The van der Waals surface area contributed by atoms with Crippen molar-refractivity contribution in [1.82, 2.24) is 4.57 Å². The molecular formula is C13H19N3O2. The van der Waals surface area contributed by atoms with E-state index >= 15 is 0 Å². The molecule has 0 saturated carbocycles. The molecule has 98 valence electrons. The first-order chi connectivity index (χ1) is 8.56. The Morgan fingerprint density at radius 3 is 2.89 bits per heavy atom. The molecule has 0 aliphatic rings. The zero-order valence-corrected chi connectivity index (χ0v) is 10.8. The summed E-state index contributed by atoms with van der Waals surface area (Å²) in [6.45, 7) is 4.29. The molecule has 5 nitrogen and oxygen atoms in total. The van der Waals surface area contributed by atoms with Gasteiger partial charge in [0.05, 0.1) is 18.4 Å². The van der Waals surface area contributed by atoms with Gasteiger partial charge < -0.3 is 15.0 Å². The van der Waals surface area contributed by atoms with Crippen molar-refractivity contribution in [2.75, 3.05) is 12.3 Å². The maximum absolute atomic E-state index is 11.9. The number of carbonyl (C=O) groups is 1. The lowest BCUT2D eigenvalue weighted by Gasteiger charge is -2.11. The minimum atomic E-state index is -0.364. The Morgan fingerprint density at radius 1 is 1.56 bits per heavy atom. The predicted molar refractivity (Wildman–Crippen MR) is 69.0 cm³/mol. The highest BCUT2D eigenvalue weighted by Gasteiger charge is 2.15. The Bertz CT molecular complexity index is 444. The van der Waals surface area contributed by atoms with Crippen LogP contribution in [-0.2, 0) is 4.74 Å². The van der Waals surface area contributed by atoms with Gasteiger partial charge in [0.25, 0.3) is 0 Å². The molecule has 0 bridgehead atoms. The molecule has 0 spiro atoms. The summed E-state index contributed by atoms with van der Waals surface area (Å²) in [4.78, 5) is 11.9. The van der Waals surface area contributed by atoms with E-state index in [1.807, 2.05) is 13.8 Å². The zero-order chi connectivity index (χ0) is 13.5. The molecule has 0 radical (unpaired) electrons. The number of nitrogen functional groups attached to an aromatic ring is 1. The first-order valence-corrected chi connectivity index (χ1v) is 6.07. The van der Waals surface area contributed by atoms with Crippen LogP contribution in [0, 0.1) is 11.3 Å². The summed E-state index contributed by atoms with van der Waals surface area (Å²) in [5.74, 6) is -0.364. The van der Waals surface area contributed by atoms with Crippen molar-refractivity contribution in [3.8, 4) is 6.07 Å². The van der Waals surface area contributed by atoms with E-state index in [-0.39, 0.29) is 12.0 Å². The highest BCUT2D eigenvalue weighted by Crippen LogP contribution is 2.17. The van der Waals surface area contributed by atoms with E-state index in [4.69, 9.17) is 15.7 Å². The van der Waals surface area contributed by atoms with E-state index in [2.05, 4.69) is 6.07 Å². The molecule has 0 amide bonds. The fraction of sp³-hybridized carbons (Fsp3) is 0.538. The number of aromatic nitrogens is 1. The number of anilines is 1. The molecule has 1 aromatic heterocycles. The van der Waals surface area contributed by atoms with Crippen LogP contribution in [0.5, 0.6) is 0 Å². The topological polar surface area (TPSA) is 81.0 Å². The van der Waals surface area contributed by atoms with Gasteiger partial charge in [-0.2, -0.15) is 5.26 Å². The maximum Gasteiger partial charge on any atom is 0.355 e. The van der Waals surface area contributed by atoms with Crippen molar-refractivity contribution in [2.45, 2.75) is 39.2 Å². The molecule has 1 heterocycles. The fourth-order valence-corrected chi connectivity index (χ4v) is 1.64. The highest BCUT2D eigenvalue weighted by molar-refractivity contribution is 5.89. The van der Waals surface area contributed by atoms with Crippen molar-refractivity contribution in [2.24, 2.45) is 0 Å². The lowest BCUT2D eigenvalue weighted by atomic mass is 10.2. The first kappa shape index (κ1) is 14.1. The maximum atomic E-state index is 11.9. The second kappa shape index (κ2) is 6.70.